The van der Waals surface area contributed by atoms with E-state index in [1.165, 1.54) is 24.3 Å². The van der Waals surface area contributed by atoms with Crippen molar-refractivity contribution in [3.8, 4) is 5.75 Å². The van der Waals surface area contributed by atoms with Gasteiger partial charge in [-0.1, -0.05) is 6.07 Å². The number of piperidine rings is 2. The van der Waals surface area contributed by atoms with E-state index >= 15 is 0 Å². The van der Waals surface area contributed by atoms with Gasteiger partial charge in [0.15, 0.2) is 11.6 Å². The maximum atomic E-state index is 13.9. The van der Waals surface area contributed by atoms with Gasteiger partial charge >= 0.3 is 0 Å². The molecule has 3 N–H and O–H groups in total. The molecule has 2 aliphatic rings. The Hall–Kier alpha value is -2.33. The van der Waals surface area contributed by atoms with Crippen LogP contribution in [-0.4, -0.2) is 76.9 Å². The molecule has 0 unspecified atom stereocenters. The van der Waals surface area contributed by atoms with Crippen LogP contribution >= 0.6 is 0 Å². The fourth-order valence-corrected chi connectivity index (χ4v) is 4.63. The van der Waals surface area contributed by atoms with Gasteiger partial charge in [-0.2, -0.15) is 4.39 Å². The lowest BCUT2D eigenvalue weighted by Gasteiger charge is -2.46. The topological polar surface area (TPSA) is 76.4 Å². The summed E-state index contributed by atoms with van der Waals surface area (Å²) in [6.45, 7) is 1.59. The van der Waals surface area contributed by atoms with Crippen LogP contribution in [-0.2, 0) is 0 Å². The lowest BCUT2D eigenvalue weighted by atomic mass is 9.86. The van der Waals surface area contributed by atoms with Gasteiger partial charge in [-0.05, 0) is 55.7 Å². The normalized spacial score (nSPS) is 25.8. The Morgan fingerprint density at radius 1 is 0.970 bits per heavy atom. The Labute approximate surface area is 190 Å². The minimum absolute atomic E-state index is 0.0229. The van der Waals surface area contributed by atoms with E-state index in [0.29, 0.717) is 39.0 Å². The summed E-state index contributed by atoms with van der Waals surface area (Å²) in [5.74, 6) is -2.83. The summed E-state index contributed by atoms with van der Waals surface area (Å²) >= 11 is 0. The van der Waals surface area contributed by atoms with Crippen LogP contribution in [0.1, 0.15) is 19.3 Å². The van der Waals surface area contributed by atoms with E-state index in [-0.39, 0.29) is 24.5 Å². The van der Waals surface area contributed by atoms with Crippen LogP contribution in [0.15, 0.2) is 42.5 Å². The summed E-state index contributed by atoms with van der Waals surface area (Å²) in [5, 5.41) is 32.5. The molecule has 0 aromatic heterocycles. The molecule has 0 spiro atoms. The zero-order valence-corrected chi connectivity index (χ0v) is 18.3. The summed E-state index contributed by atoms with van der Waals surface area (Å²) in [7, 11) is 0. The third-order valence-electron chi connectivity index (χ3n) is 6.63. The molecule has 0 radical (unpaired) electrons. The number of aliphatic hydroxyl groups is 3. The standard InChI is InChI=1S/C24H29F3N2O4/c25-17-4-6-18(7-5-17)29-12-9-23(31,10-13-29)14-28-11-8-21(30)24(32,15-28)16-33-20-3-1-2-19(26)22(20)27/h1-7,21,30-32H,8-16H2/t21-,24-/m0/s1. The predicted molar refractivity (Wildman–Crippen MR) is 117 cm³/mol. The molecule has 2 aromatic rings. The van der Waals surface area contributed by atoms with Crippen molar-refractivity contribution < 1.29 is 33.2 Å². The maximum Gasteiger partial charge on any atom is 0.200 e. The fraction of sp³-hybridized carbons (Fsp3) is 0.500. The molecule has 0 bridgehead atoms. The van der Waals surface area contributed by atoms with Crippen LogP contribution in [0.4, 0.5) is 18.9 Å². The Morgan fingerprint density at radius 3 is 2.36 bits per heavy atom. The summed E-state index contributed by atoms with van der Waals surface area (Å²) in [6.07, 6.45) is 0.142. The SMILES string of the molecule is O[C@H]1CCN(CC2(O)CCN(c3ccc(F)cc3)CC2)C[C@]1(O)COc1cccc(F)c1F. The van der Waals surface area contributed by atoms with Crippen molar-refractivity contribution in [1.82, 2.24) is 4.90 Å². The van der Waals surface area contributed by atoms with Crippen LogP contribution in [0.2, 0.25) is 0 Å². The average Bonchev–Trinajstić information content (AvgIpc) is 2.79. The van der Waals surface area contributed by atoms with Crippen molar-refractivity contribution in [3.05, 3.63) is 59.9 Å². The van der Waals surface area contributed by atoms with E-state index in [0.717, 1.165) is 11.8 Å². The number of aliphatic hydroxyl groups excluding tert-OH is 1. The molecule has 2 atom stereocenters. The van der Waals surface area contributed by atoms with Crippen molar-refractivity contribution in [3.63, 3.8) is 0 Å². The third-order valence-corrected chi connectivity index (χ3v) is 6.63. The molecular weight excluding hydrogens is 437 g/mol. The molecule has 2 saturated heterocycles. The summed E-state index contributed by atoms with van der Waals surface area (Å²) in [5.41, 5.74) is -1.77. The van der Waals surface area contributed by atoms with Crippen molar-refractivity contribution in [1.29, 1.82) is 0 Å². The van der Waals surface area contributed by atoms with E-state index in [1.54, 1.807) is 12.1 Å². The monoisotopic (exact) mass is 466 g/mol. The number of hydrogen-bond donors (Lipinski definition) is 3. The van der Waals surface area contributed by atoms with Gasteiger partial charge in [0.1, 0.15) is 18.0 Å². The van der Waals surface area contributed by atoms with E-state index in [9.17, 15) is 28.5 Å². The smallest absolute Gasteiger partial charge is 0.200 e. The second kappa shape index (κ2) is 9.50. The number of nitrogens with zero attached hydrogens (tertiary/aromatic N) is 2. The van der Waals surface area contributed by atoms with E-state index < -0.39 is 35.5 Å². The highest BCUT2D eigenvalue weighted by Gasteiger charge is 2.44. The van der Waals surface area contributed by atoms with Gasteiger partial charge in [-0.15, -0.1) is 0 Å². The first-order chi connectivity index (χ1) is 15.7. The van der Waals surface area contributed by atoms with Crippen LogP contribution in [0.25, 0.3) is 0 Å². The van der Waals surface area contributed by atoms with Gasteiger partial charge in [-0.3, -0.25) is 4.90 Å². The third kappa shape index (κ3) is 5.43. The van der Waals surface area contributed by atoms with Gasteiger partial charge in [-0.25, -0.2) is 8.78 Å². The first-order valence-corrected chi connectivity index (χ1v) is 11.1. The Morgan fingerprint density at radius 2 is 1.67 bits per heavy atom. The lowest BCUT2D eigenvalue weighted by Crippen LogP contribution is -2.62. The summed E-state index contributed by atoms with van der Waals surface area (Å²) < 4.78 is 45.8. The van der Waals surface area contributed by atoms with Crippen LogP contribution in [0.5, 0.6) is 5.75 Å². The molecule has 33 heavy (non-hydrogen) atoms. The molecule has 2 aromatic carbocycles. The number of hydrogen-bond acceptors (Lipinski definition) is 6. The number of halogens is 3. The Kier molecular flexibility index (Phi) is 6.86. The zero-order valence-electron chi connectivity index (χ0n) is 18.3. The average molecular weight is 467 g/mol. The number of ether oxygens (including phenoxy) is 1. The van der Waals surface area contributed by atoms with Crippen LogP contribution in [0.3, 0.4) is 0 Å². The second-order valence-corrected chi connectivity index (χ2v) is 9.15. The number of rotatable bonds is 6. The van der Waals surface area contributed by atoms with E-state index in [2.05, 4.69) is 4.90 Å². The van der Waals surface area contributed by atoms with Gasteiger partial charge in [0, 0.05) is 38.4 Å². The maximum absolute atomic E-state index is 13.9. The summed E-state index contributed by atoms with van der Waals surface area (Å²) in [4.78, 5) is 3.96. The predicted octanol–water partition coefficient (Wildman–Crippen LogP) is 2.31. The number of anilines is 1. The number of likely N-dealkylation sites (tertiary alicyclic amines) is 1. The highest BCUT2D eigenvalue weighted by Crippen LogP contribution is 2.31. The fourth-order valence-electron chi connectivity index (χ4n) is 4.63. The van der Waals surface area contributed by atoms with Gasteiger partial charge in [0.25, 0.3) is 0 Å². The minimum atomic E-state index is -1.69. The zero-order chi connectivity index (χ0) is 23.6. The molecule has 9 heteroatoms. The molecular formula is C24H29F3N2O4. The number of benzene rings is 2. The van der Waals surface area contributed by atoms with Gasteiger partial charge in [0.05, 0.1) is 11.7 Å². The molecule has 0 aliphatic carbocycles. The molecule has 6 nitrogen and oxygen atoms in total. The van der Waals surface area contributed by atoms with Crippen LogP contribution < -0.4 is 9.64 Å². The van der Waals surface area contributed by atoms with Gasteiger partial charge in [0.2, 0.25) is 5.82 Å². The molecule has 2 heterocycles. The van der Waals surface area contributed by atoms with Crippen LogP contribution in [0, 0.1) is 17.5 Å². The lowest BCUT2D eigenvalue weighted by molar-refractivity contribution is -0.149. The number of β-amino-alcohol motifs (C(OH)–C–C–N with tert-alkyl or cyclic N) is 2. The molecule has 4 rings (SSSR count). The molecule has 0 saturated carbocycles. The molecule has 180 valence electrons. The van der Waals surface area contributed by atoms with Crippen molar-refractivity contribution in [2.75, 3.05) is 44.2 Å². The van der Waals surface area contributed by atoms with Gasteiger partial charge < -0.3 is 25.0 Å². The first kappa shape index (κ1) is 23.8. The summed E-state index contributed by atoms with van der Waals surface area (Å²) in [6, 6.07) is 9.78. The van der Waals surface area contributed by atoms with Crippen molar-refractivity contribution in [2.24, 2.45) is 0 Å². The van der Waals surface area contributed by atoms with Crippen molar-refractivity contribution in [2.45, 2.75) is 36.6 Å². The van der Waals surface area contributed by atoms with E-state index in [4.69, 9.17) is 4.74 Å². The molecule has 0 amide bonds. The highest BCUT2D eigenvalue weighted by atomic mass is 19.2. The largest absolute Gasteiger partial charge is 0.487 e. The molecule has 2 aliphatic heterocycles. The van der Waals surface area contributed by atoms with Crippen molar-refractivity contribution >= 4 is 5.69 Å². The van der Waals surface area contributed by atoms with E-state index in [1.807, 2.05) is 4.90 Å². The quantitative estimate of drug-likeness (QED) is 0.607. The molecule has 2 fully saturated rings. The Bertz CT molecular complexity index is 953. The minimum Gasteiger partial charge on any atom is -0.487 e. The first-order valence-electron chi connectivity index (χ1n) is 11.1. The Balaban J connectivity index is 1.34. The second-order valence-electron chi connectivity index (χ2n) is 9.15. The highest BCUT2D eigenvalue weighted by molar-refractivity contribution is 5.46.